The van der Waals surface area contributed by atoms with Gasteiger partial charge >= 0.3 is 0 Å². The standard InChI is InChI=1S/C24H26N4O3S/c29-24(26-18-19-7-6-14-25-17-19)22-10-4-5-11-23(22)28-15-12-20(13-16-28)27-32(30,31)21-8-2-1-3-9-21/h1-11,14,17,20,27H,12-13,15-16,18H2,(H,26,29). The molecule has 1 saturated heterocycles. The molecule has 0 bridgehead atoms. The first-order chi connectivity index (χ1) is 15.5. The lowest BCUT2D eigenvalue weighted by Crippen LogP contribution is -2.45. The topological polar surface area (TPSA) is 91.4 Å². The van der Waals surface area contributed by atoms with E-state index >= 15 is 0 Å². The van der Waals surface area contributed by atoms with Crippen molar-refractivity contribution in [2.45, 2.75) is 30.3 Å². The number of piperidine rings is 1. The number of benzene rings is 2. The van der Waals surface area contributed by atoms with Crippen LogP contribution >= 0.6 is 0 Å². The third kappa shape index (κ3) is 5.33. The average Bonchev–Trinajstić information content (AvgIpc) is 2.84. The molecule has 1 aromatic heterocycles. The first-order valence-corrected chi connectivity index (χ1v) is 12.1. The van der Waals surface area contributed by atoms with Crippen LogP contribution in [0.5, 0.6) is 0 Å². The maximum atomic E-state index is 12.8. The summed E-state index contributed by atoms with van der Waals surface area (Å²) in [6, 6.07) is 19.6. The van der Waals surface area contributed by atoms with E-state index < -0.39 is 10.0 Å². The van der Waals surface area contributed by atoms with Gasteiger partial charge in [0.1, 0.15) is 0 Å². The van der Waals surface area contributed by atoms with Gasteiger partial charge in [-0.15, -0.1) is 0 Å². The van der Waals surface area contributed by atoms with Gasteiger partial charge in [-0.3, -0.25) is 9.78 Å². The maximum Gasteiger partial charge on any atom is 0.253 e. The van der Waals surface area contributed by atoms with Crippen LogP contribution in [-0.4, -0.2) is 38.4 Å². The van der Waals surface area contributed by atoms with Crippen molar-refractivity contribution in [1.29, 1.82) is 0 Å². The summed E-state index contributed by atoms with van der Waals surface area (Å²) in [4.78, 5) is 19.3. The minimum Gasteiger partial charge on any atom is -0.371 e. The minimum atomic E-state index is -3.54. The van der Waals surface area contributed by atoms with Gasteiger partial charge in [0, 0.05) is 43.8 Å². The Morgan fingerprint density at radius 3 is 2.41 bits per heavy atom. The van der Waals surface area contributed by atoms with Crippen LogP contribution in [0.2, 0.25) is 0 Å². The highest BCUT2D eigenvalue weighted by Gasteiger charge is 2.26. The predicted octanol–water partition coefficient (Wildman–Crippen LogP) is 2.96. The van der Waals surface area contributed by atoms with Crippen molar-refractivity contribution in [2.24, 2.45) is 0 Å². The molecular formula is C24H26N4O3S. The molecule has 7 nitrogen and oxygen atoms in total. The van der Waals surface area contributed by atoms with Crippen molar-refractivity contribution in [2.75, 3.05) is 18.0 Å². The molecule has 2 N–H and O–H groups in total. The van der Waals surface area contributed by atoms with Gasteiger partial charge < -0.3 is 10.2 Å². The van der Waals surface area contributed by atoms with Crippen molar-refractivity contribution < 1.29 is 13.2 Å². The van der Waals surface area contributed by atoms with E-state index in [0.29, 0.717) is 38.0 Å². The number of pyridine rings is 1. The SMILES string of the molecule is O=C(NCc1cccnc1)c1ccccc1N1CCC(NS(=O)(=O)c2ccccc2)CC1. The number of anilines is 1. The van der Waals surface area contributed by atoms with E-state index in [-0.39, 0.29) is 16.8 Å². The molecule has 32 heavy (non-hydrogen) atoms. The van der Waals surface area contributed by atoms with Crippen LogP contribution in [0.15, 0.2) is 84.0 Å². The summed E-state index contributed by atoms with van der Waals surface area (Å²) in [6.45, 7) is 1.73. The number of carbonyl (C=O) groups is 1. The largest absolute Gasteiger partial charge is 0.371 e. The van der Waals surface area contributed by atoms with Crippen molar-refractivity contribution in [1.82, 2.24) is 15.0 Å². The Morgan fingerprint density at radius 2 is 1.69 bits per heavy atom. The quantitative estimate of drug-likeness (QED) is 0.578. The van der Waals surface area contributed by atoms with Crippen molar-refractivity contribution in [3.05, 3.63) is 90.3 Å². The van der Waals surface area contributed by atoms with E-state index in [9.17, 15) is 13.2 Å². The summed E-state index contributed by atoms with van der Waals surface area (Å²) in [7, 11) is -3.54. The predicted molar refractivity (Wildman–Crippen MR) is 124 cm³/mol. The lowest BCUT2D eigenvalue weighted by Gasteiger charge is -2.34. The fraction of sp³-hybridized carbons (Fsp3) is 0.250. The number of nitrogens with zero attached hydrogens (tertiary/aromatic N) is 2. The third-order valence-electron chi connectivity index (χ3n) is 5.54. The van der Waals surface area contributed by atoms with E-state index in [0.717, 1.165) is 11.3 Å². The van der Waals surface area contributed by atoms with Crippen LogP contribution in [-0.2, 0) is 16.6 Å². The zero-order valence-electron chi connectivity index (χ0n) is 17.6. The molecule has 166 valence electrons. The molecule has 1 amide bonds. The van der Waals surface area contributed by atoms with Gasteiger partial charge in [0.15, 0.2) is 0 Å². The second kappa shape index (κ2) is 9.93. The molecule has 0 aliphatic carbocycles. The number of aromatic nitrogens is 1. The van der Waals surface area contributed by atoms with E-state index in [1.807, 2.05) is 36.4 Å². The number of para-hydroxylation sites is 1. The highest BCUT2D eigenvalue weighted by atomic mass is 32.2. The smallest absolute Gasteiger partial charge is 0.253 e. The van der Waals surface area contributed by atoms with Gasteiger partial charge in [0.25, 0.3) is 5.91 Å². The summed E-state index contributed by atoms with van der Waals surface area (Å²) in [5.41, 5.74) is 2.41. The molecule has 0 radical (unpaired) electrons. The molecular weight excluding hydrogens is 424 g/mol. The first-order valence-electron chi connectivity index (χ1n) is 10.6. The fourth-order valence-corrected chi connectivity index (χ4v) is 5.17. The molecule has 2 aromatic carbocycles. The van der Waals surface area contributed by atoms with Crippen molar-refractivity contribution in [3.63, 3.8) is 0 Å². The summed E-state index contributed by atoms with van der Waals surface area (Å²) < 4.78 is 28.0. The van der Waals surface area contributed by atoms with Crippen LogP contribution in [0.3, 0.4) is 0 Å². The minimum absolute atomic E-state index is 0.136. The fourth-order valence-electron chi connectivity index (χ4n) is 3.85. The third-order valence-corrected chi connectivity index (χ3v) is 7.07. The lowest BCUT2D eigenvalue weighted by atomic mass is 10.0. The van der Waals surface area contributed by atoms with Gasteiger partial charge in [-0.1, -0.05) is 36.4 Å². The average molecular weight is 451 g/mol. The van der Waals surface area contributed by atoms with Gasteiger partial charge in [-0.2, -0.15) is 0 Å². The summed E-state index contributed by atoms with van der Waals surface area (Å²) >= 11 is 0. The Morgan fingerprint density at radius 1 is 0.969 bits per heavy atom. The van der Waals surface area contributed by atoms with Crippen LogP contribution in [0.1, 0.15) is 28.8 Å². The zero-order valence-corrected chi connectivity index (χ0v) is 18.5. The van der Waals surface area contributed by atoms with Gasteiger partial charge in [0.2, 0.25) is 10.0 Å². The number of hydrogen-bond acceptors (Lipinski definition) is 5. The Labute approximate surface area is 188 Å². The van der Waals surface area contributed by atoms with Crippen molar-refractivity contribution >= 4 is 21.6 Å². The van der Waals surface area contributed by atoms with Gasteiger partial charge in [-0.25, -0.2) is 13.1 Å². The Balaban J connectivity index is 1.38. The highest BCUT2D eigenvalue weighted by molar-refractivity contribution is 7.89. The van der Waals surface area contributed by atoms with Crippen LogP contribution in [0, 0.1) is 0 Å². The van der Waals surface area contributed by atoms with E-state index in [1.54, 1.807) is 42.7 Å². The van der Waals surface area contributed by atoms with Crippen LogP contribution in [0.4, 0.5) is 5.69 Å². The zero-order chi connectivity index (χ0) is 22.4. The molecule has 1 aliphatic rings. The van der Waals surface area contributed by atoms with Gasteiger partial charge in [0.05, 0.1) is 10.5 Å². The lowest BCUT2D eigenvalue weighted by molar-refractivity contribution is 0.0951. The van der Waals surface area contributed by atoms with E-state index in [2.05, 4.69) is 19.9 Å². The summed E-state index contributed by atoms with van der Waals surface area (Å²) in [5, 5.41) is 2.96. The number of amides is 1. The first kappa shape index (κ1) is 22.0. The molecule has 0 unspecified atom stereocenters. The Bertz CT molecular complexity index is 1150. The number of sulfonamides is 1. The van der Waals surface area contributed by atoms with E-state index in [4.69, 9.17) is 0 Å². The molecule has 4 rings (SSSR count). The number of nitrogens with one attached hydrogen (secondary N) is 2. The normalized spacial score (nSPS) is 14.8. The molecule has 1 fully saturated rings. The Hall–Kier alpha value is -3.23. The number of carbonyl (C=O) groups excluding carboxylic acids is 1. The molecule has 0 spiro atoms. The Kier molecular flexibility index (Phi) is 6.82. The highest BCUT2D eigenvalue weighted by Crippen LogP contribution is 2.25. The van der Waals surface area contributed by atoms with Crippen LogP contribution in [0.25, 0.3) is 0 Å². The van der Waals surface area contributed by atoms with Crippen molar-refractivity contribution in [3.8, 4) is 0 Å². The summed E-state index contributed by atoms with van der Waals surface area (Å²) in [5.74, 6) is -0.142. The van der Waals surface area contributed by atoms with Gasteiger partial charge in [-0.05, 0) is 48.7 Å². The molecule has 1 aliphatic heterocycles. The second-order valence-corrected chi connectivity index (χ2v) is 9.47. The van der Waals surface area contributed by atoms with E-state index in [1.165, 1.54) is 0 Å². The monoisotopic (exact) mass is 450 g/mol. The molecule has 0 atom stereocenters. The maximum absolute atomic E-state index is 12.8. The summed E-state index contributed by atoms with van der Waals surface area (Å²) in [6.07, 6.45) is 4.76. The number of rotatable bonds is 7. The molecule has 2 heterocycles. The molecule has 3 aromatic rings. The molecule has 0 saturated carbocycles. The number of hydrogen-bond donors (Lipinski definition) is 2. The molecule has 8 heteroatoms. The second-order valence-electron chi connectivity index (χ2n) is 7.76. The van der Waals surface area contributed by atoms with Crippen LogP contribution < -0.4 is 14.9 Å².